The number of halogens is 1. The second-order valence-electron chi connectivity index (χ2n) is 5.99. The van der Waals surface area contributed by atoms with Gasteiger partial charge in [0.15, 0.2) is 0 Å². The van der Waals surface area contributed by atoms with Crippen LogP contribution in [0.3, 0.4) is 0 Å². The molecule has 2 N–H and O–H groups in total. The van der Waals surface area contributed by atoms with Crippen LogP contribution in [0.5, 0.6) is 0 Å². The Hall–Kier alpha value is -2.82. The molecular formula is C20H22FN3O. The number of rotatable bonds is 5. The van der Waals surface area contributed by atoms with E-state index >= 15 is 0 Å². The van der Waals surface area contributed by atoms with E-state index in [1.807, 2.05) is 31.2 Å². The lowest BCUT2D eigenvalue weighted by Crippen LogP contribution is -2.21. The maximum Gasteiger partial charge on any atom is 0.272 e. The van der Waals surface area contributed by atoms with Crippen molar-refractivity contribution in [3.8, 4) is 0 Å². The van der Waals surface area contributed by atoms with Crippen molar-refractivity contribution in [3.63, 3.8) is 0 Å². The number of aromatic nitrogens is 1. The SMILES string of the molecule is CCN(CC)c1ccc(NC(=O)c2[nH]c3ccc(F)cc3c2C)cc1. The normalized spacial score (nSPS) is 10.9. The Kier molecular flexibility index (Phi) is 4.74. The number of amides is 1. The summed E-state index contributed by atoms with van der Waals surface area (Å²) >= 11 is 0. The van der Waals surface area contributed by atoms with E-state index in [9.17, 15) is 9.18 Å². The molecule has 1 heterocycles. The summed E-state index contributed by atoms with van der Waals surface area (Å²) in [5, 5.41) is 3.62. The highest BCUT2D eigenvalue weighted by atomic mass is 19.1. The maximum absolute atomic E-state index is 13.4. The molecule has 2 aromatic carbocycles. The fourth-order valence-corrected chi connectivity index (χ4v) is 3.06. The van der Waals surface area contributed by atoms with Crippen LogP contribution in [0.1, 0.15) is 29.9 Å². The van der Waals surface area contributed by atoms with Crippen LogP contribution in [0, 0.1) is 12.7 Å². The lowest BCUT2D eigenvalue weighted by atomic mass is 10.1. The number of benzene rings is 2. The monoisotopic (exact) mass is 339 g/mol. The summed E-state index contributed by atoms with van der Waals surface area (Å²) in [6.07, 6.45) is 0. The lowest BCUT2D eigenvalue weighted by molar-refractivity contribution is 0.102. The van der Waals surface area contributed by atoms with Gasteiger partial charge in [-0.15, -0.1) is 0 Å². The molecule has 0 aliphatic carbocycles. The van der Waals surface area contributed by atoms with Crippen LogP contribution in [0.15, 0.2) is 42.5 Å². The maximum atomic E-state index is 13.4. The van der Waals surface area contributed by atoms with Crippen molar-refractivity contribution in [1.29, 1.82) is 0 Å². The Bertz CT molecular complexity index is 895. The van der Waals surface area contributed by atoms with Gasteiger partial charge in [0.05, 0.1) is 0 Å². The molecule has 0 saturated heterocycles. The van der Waals surface area contributed by atoms with Crippen molar-refractivity contribution in [2.45, 2.75) is 20.8 Å². The molecule has 0 fully saturated rings. The predicted octanol–water partition coefficient (Wildman–Crippen LogP) is 4.71. The quantitative estimate of drug-likeness (QED) is 0.707. The number of hydrogen-bond acceptors (Lipinski definition) is 2. The summed E-state index contributed by atoms with van der Waals surface area (Å²) in [5.41, 5.74) is 3.80. The molecular weight excluding hydrogens is 317 g/mol. The van der Waals surface area contributed by atoms with Gasteiger partial charge >= 0.3 is 0 Å². The van der Waals surface area contributed by atoms with Gasteiger partial charge in [0, 0.05) is 35.4 Å². The molecule has 3 aromatic rings. The third-order valence-corrected chi connectivity index (χ3v) is 4.50. The second kappa shape index (κ2) is 6.97. The molecule has 0 spiro atoms. The van der Waals surface area contributed by atoms with Crippen LogP contribution in [-0.4, -0.2) is 24.0 Å². The molecule has 0 aliphatic heterocycles. The third-order valence-electron chi connectivity index (χ3n) is 4.50. The number of hydrogen-bond donors (Lipinski definition) is 2. The Morgan fingerprint density at radius 2 is 1.80 bits per heavy atom. The highest BCUT2D eigenvalue weighted by Crippen LogP contribution is 2.24. The molecule has 3 rings (SSSR count). The van der Waals surface area contributed by atoms with Crippen molar-refractivity contribution >= 4 is 28.2 Å². The largest absolute Gasteiger partial charge is 0.372 e. The molecule has 0 atom stereocenters. The first-order chi connectivity index (χ1) is 12.0. The number of fused-ring (bicyclic) bond motifs is 1. The smallest absolute Gasteiger partial charge is 0.272 e. The van der Waals surface area contributed by atoms with Crippen LogP contribution in [0.2, 0.25) is 0 Å². The van der Waals surface area contributed by atoms with Crippen molar-refractivity contribution in [2.75, 3.05) is 23.3 Å². The minimum absolute atomic E-state index is 0.232. The number of carbonyl (C=O) groups excluding carboxylic acids is 1. The minimum Gasteiger partial charge on any atom is -0.372 e. The molecule has 130 valence electrons. The van der Waals surface area contributed by atoms with Crippen LogP contribution in [0.4, 0.5) is 15.8 Å². The van der Waals surface area contributed by atoms with Gasteiger partial charge in [-0.2, -0.15) is 0 Å². The Morgan fingerprint density at radius 3 is 2.44 bits per heavy atom. The number of H-pyrrole nitrogens is 1. The third kappa shape index (κ3) is 3.36. The fourth-order valence-electron chi connectivity index (χ4n) is 3.06. The van der Waals surface area contributed by atoms with Gasteiger partial charge in [0.25, 0.3) is 5.91 Å². The lowest BCUT2D eigenvalue weighted by Gasteiger charge is -2.21. The number of nitrogens with zero attached hydrogens (tertiary/aromatic N) is 1. The molecule has 5 heteroatoms. The number of aromatic amines is 1. The number of anilines is 2. The molecule has 0 unspecified atom stereocenters. The van der Waals surface area contributed by atoms with Crippen molar-refractivity contribution in [3.05, 3.63) is 59.5 Å². The van der Waals surface area contributed by atoms with E-state index in [0.29, 0.717) is 5.69 Å². The van der Waals surface area contributed by atoms with Crippen LogP contribution in [0.25, 0.3) is 10.9 Å². The van der Waals surface area contributed by atoms with E-state index in [2.05, 4.69) is 29.0 Å². The van der Waals surface area contributed by atoms with Crippen LogP contribution in [-0.2, 0) is 0 Å². The number of nitrogens with one attached hydrogen (secondary N) is 2. The van der Waals surface area contributed by atoms with E-state index in [-0.39, 0.29) is 11.7 Å². The second-order valence-corrected chi connectivity index (χ2v) is 5.99. The average Bonchev–Trinajstić information content (AvgIpc) is 2.94. The number of aryl methyl sites for hydroxylation is 1. The first-order valence-electron chi connectivity index (χ1n) is 8.47. The van der Waals surface area contributed by atoms with E-state index < -0.39 is 0 Å². The number of carbonyl (C=O) groups is 1. The molecule has 0 saturated carbocycles. The van der Waals surface area contributed by atoms with Gasteiger partial charge in [0.1, 0.15) is 11.5 Å². The zero-order valence-corrected chi connectivity index (χ0v) is 14.7. The Balaban J connectivity index is 1.81. The molecule has 1 amide bonds. The predicted molar refractivity (Wildman–Crippen MR) is 101 cm³/mol. The Labute approximate surface area is 146 Å². The van der Waals surface area contributed by atoms with Crippen molar-refractivity contribution < 1.29 is 9.18 Å². The minimum atomic E-state index is -0.312. The summed E-state index contributed by atoms with van der Waals surface area (Å²) in [6, 6.07) is 12.2. The Morgan fingerprint density at radius 1 is 1.12 bits per heavy atom. The summed E-state index contributed by atoms with van der Waals surface area (Å²) in [5.74, 6) is -0.543. The molecule has 0 bridgehead atoms. The van der Waals surface area contributed by atoms with E-state index in [1.54, 1.807) is 6.07 Å². The van der Waals surface area contributed by atoms with Crippen molar-refractivity contribution in [1.82, 2.24) is 4.98 Å². The molecule has 1 aromatic heterocycles. The van der Waals surface area contributed by atoms with Gasteiger partial charge in [-0.25, -0.2) is 4.39 Å². The summed E-state index contributed by atoms with van der Waals surface area (Å²) in [4.78, 5) is 17.9. The fraction of sp³-hybridized carbons (Fsp3) is 0.250. The van der Waals surface area contributed by atoms with Gasteiger partial charge in [0.2, 0.25) is 0 Å². The van der Waals surface area contributed by atoms with Gasteiger partial charge in [-0.3, -0.25) is 4.79 Å². The molecule has 25 heavy (non-hydrogen) atoms. The van der Waals surface area contributed by atoms with E-state index in [4.69, 9.17) is 0 Å². The molecule has 4 nitrogen and oxygen atoms in total. The topological polar surface area (TPSA) is 48.1 Å². The van der Waals surface area contributed by atoms with Crippen LogP contribution < -0.4 is 10.2 Å². The van der Waals surface area contributed by atoms with Crippen LogP contribution >= 0.6 is 0 Å². The van der Waals surface area contributed by atoms with E-state index in [0.717, 1.165) is 40.9 Å². The highest BCUT2D eigenvalue weighted by molar-refractivity contribution is 6.07. The summed E-state index contributed by atoms with van der Waals surface area (Å²) in [6.45, 7) is 7.91. The standard InChI is InChI=1S/C20H22FN3O/c1-4-24(5-2)16-9-7-15(8-10-16)22-20(25)19-13(3)17-12-14(21)6-11-18(17)23-19/h6-12,23H,4-5H2,1-3H3,(H,22,25). The summed E-state index contributed by atoms with van der Waals surface area (Å²) in [7, 11) is 0. The first kappa shape index (κ1) is 17.0. The zero-order chi connectivity index (χ0) is 18.0. The van der Waals surface area contributed by atoms with Gasteiger partial charge in [-0.1, -0.05) is 0 Å². The molecule has 0 aliphatic rings. The first-order valence-corrected chi connectivity index (χ1v) is 8.47. The molecule has 0 radical (unpaired) electrons. The highest BCUT2D eigenvalue weighted by Gasteiger charge is 2.15. The van der Waals surface area contributed by atoms with E-state index in [1.165, 1.54) is 12.1 Å². The zero-order valence-electron chi connectivity index (χ0n) is 14.7. The van der Waals surface area contributed by atoms with Gasteiger partial charge in [-0.05, 0) is 68.8 Å². The van der Waals surface area contributed by atoms with Crippen molar-refractivity contribution in [2.24, 2.45) is 0 Å². The average molecular weight is 339 g/mol. The summed E-state index contributed by atoms with van der Waals surface area (Å²) < 4.78 is 13.4. The van der Waals surface area contributed by atoms with Gasteiger partial charge < -0.3 is 15.2 Å².